The van der Waals surface area contributed by atoms with E-state index in [1.54, 1.807) is 49.6 Å². The Morgan fingerprint density at radius 1 is 1.03 bits per heavy atom. The zero-order valence-electron chi connectivity index (χ0n) is 18.2. The number of aromatic amines is 1. The average Bonchev–Trinajstić information content (AvgIpc) is 2.86. The lowest BCUT2D eigenvalue weighted by molar-refractivity contribution is 0.0696. The van der Waals surface area contributed by atoms with Gasteiger partial charge in [-0.1, -0.05) is 30.3 Å². The van der Waals surface area contributed by atoms with Crippen LogP contribution in [-0.4, -0.2) is 34.1 Å². The number of carbonyl (C=O) groups is 2. The number of rotatable bonds is 8. The average molecular weight is 459 g/mol. The maximum Gasteiger partial charge on any atom is 0.335 e. The molecule has 1 amide bonds. The smallest absolute Gasteiger partial charge is 0.335 e. The zero-order valence-corrected chi connectivity index (χ0v) is 18.2. The first-order chi connectivity index (χ1) is 16.4. The third-order valence-corrected chi connectivity index (χ3v) is 5.09. The molecule has 4 rings (SSSR count). The molecule has 9 nitrogen and oxygen atoms in total. The lowest BCUT2D eigenvalue weighted by atomic mass is 10.1. The van der Waals surface area contributed by atoms with Crippen molar-refractivity contribution in [3.63, 3.8) is 0 Å². The summed E-state index contributed by atoms with van der Waals surface area (Å²) in [4.78, 5) is 43.2. The van der Waals surface area contributed by atoms with Crippen molar-refractivity contribution in [2.75, 3.05) is 7.11 Å². The zero-order chi connectivity index (χ0) is 24.1. The van der Waals surface area contributed by atoms with E-state index in [1.165, 1.54) is 12.1 Å². The van der Waals surface area contributed by atoms with E-state index in [0.29, 0.717) is 17.0 Å². The first-order valence-electron chi connectivity index (χ1n) is 10.3. The number of nitrogens with zero attached hydrogens (tertiary/aromatic N) is 1. The van der Waals surface area contributed by atoms with E-state index < -0.39 is 17.4 Å². The van der Waals surface area contributed by atoms with Gasteiger partial charge in [0.15, 0.2) is 5.82 Å². The first-order valence-corrected chi connectivity index (χ1v) is 10.3. The van der Waals surface area contributed by atoms with Crippen molar-refractivity contribution in [1.82, 2.24) is 15.3 Å². The van der Waals surface area contributed by atoms with Crippen molar-refractivity contribution in [3.05, 3.63) is 99.6 Å². The lowest BCUT2D eigenvalue weighted by Crippen LogP contribution is -2.27. The Bertz CT molecular complexity index is 1410. The van der Waals surface area contributed by atoms with Crippen molar-refractivity contribution in [2.45, 2.75) is 13.2 Å². The van der Waals surface area contributed by atoms with Crippen molar-refractivity contribution in [3.8, 4) is 11.5 Å². The highest BCUT2D eigenvalue weighted by Crippen LogP contribution is 2.22. The summed E-state index contributed by atoms with van der Waals surface area (Å²) < 4.78 is 11.0. The number of carboxylic acids is 1. The van der Waals surface area contributed by atoms with Gasteiger partial charge in [0, 0.05) is 6.54 Å². The van der Waals surface area contributed by atoms with Crippen molar-refractivity contribution in [1.29, 1.82) is 0 Å². The lowest BCUT2D eigenvalue weighted by Gasteiger charge is -2.10. The molecular weight excluding hydrogens is 438 g/mol. The second kappa shape index (κ2) is 9.86. The van der Waals surface area contributed by atoms with Crippen LogP contribution in [0.1, 0.15) is 32.1 Å². The topological polar surface area (TPSA) is 131 Å². The quantitative estimate of drug-likeness (QED) is 0.369. The number of nitrogens with one attached hydrogen (secondary N) is 2. The van der Waals surface area contributed by atoms with Crippen molar-refractivity contribution >= 4 is 22.8 Å². The van der Waals surface area contributed by atoms with Crippen LogP contribution >= 0.6 is 0 Å². The summed E-state index contributed by atoms with van der Waals surface area (Å²) in [6.07, 6.45) is 0. The number of fused-ring (bicyclic) bond motifs is 1. The van der Waals surface area contributed by atoms with Gasteiger partial charge in [0.05, 0.1) is 18.2 Å². The predicted molar refractivity (Wildman–Crippen MR) is 124 cm³/mol. The maximum absolute atomic E-state index is 12.8. The van der Waals surface area contributed by atoms with Crippen LogP contribution in [0.25, 0.3) is 10.9 Å². The fourth-order valence-electron chi connectivity index (χ4n) is 3.34. The Balaban J connectivity index is 1.50. The Kier molecular flexibility index (Phi) is 6.54. The number of hydrogen-bond acceptors (Lipinski definition) is 6. The highest BCUT2D eigenvalue weighted by Gasteiger charge is 2.15. The number of hydrogen-bond donors (Lipinski definition) is 3. The van der Waals surface area contributed by atoms with Crippen LogP contribution in [0.15, 0.2) is 71.5 Å². The molecule has 0 unspecified atom stereocenters. The molecule has 0 saturated carbocycles. The molecule has 34 heavy (non-hydrogen) atoms. The number of benzene rings is 3. The van der Waals surface area contributed by atoms with Gasteiger partial charge in [-0.05, 0) is 47.5 Å². The van der Waals surface area contributed by atoms with E-state index in [1.807, 2.05) is 12.1 Å². The summed E-state index contributed by atoms with van der Waals surface area (Å²) in [5.74, 6) is -0.665. The number of aromatic nitrogens is 2. The van der Waals surface area contributed by atoms with Crippen LogP contribution in [0.3, 0.4) is 0 Å². The van der Waals surface area contributed by atoms with Gasteiger partial charge in [0.1, 0.15) is 23.5 Å². The Labute approximate surface area is 194 Å². The molecule has 1 heterocycles. The standard InChI is InChI=1S/C25H21N3O6/c1-33-18-5-2-4-16(12-18)13-26-24(30)22-27-19-6-3-7-20(21(19)23(29)28-22)34-14-15-8-10-17(11-9-15)25(31)32/h2-12H,13-14H2,1H3,(H,26,30)(H,31,32)(H,27,28,29). The fraction of sp³-hybridized carbons (Fsp3) is 0.120. The molecule has 3 aromatic carbocycles. The summed E-state index contributed by atoms with van der Waals surface area (Å²) >= 11 is 0. The van der Waals surface area contributed by atoms with E-state index in [-0.39, 0.29) is 29.9 Å². The molecule has 172 valence electrons. The number of amides is 1. The molecule has 0 saturated heterocycles. The summed E-state index contributed by atoms with van der Waals surface area (Å²) in [6.45, 7) is 0.364. The molecule has 0 bridgehead atoms. The van der Waals surface area contributed by atoms with Gasteiger partial charge in [0.2, 0.25) is 0 Å². The third kappa shape index (κ3) is 5.04. The summed E-state index contributed by atoms with van der Waals surface area (Å²) in [5, 5.41) is 11.9. The second-order valence-electron chi connectivity index (χ2n) is 7.39. The largest absolute Gasteiger partial charge is 0.497 e. The second-order valence-corrected chi connectivity index (χ2v) is 7.39. The molecule has 0 aliphatic carbocycles. The first kappa shape index (κ1) is 22.5. The van der Waals surface area contributed by atoms with Crippen LogP contribution in [0.2, 0.25) is 0 Å². The number of ether oxygens (including phenoxy) is 2. The number of carbonyl (C=O) groups excluding carboxylic acids is 1. The van der Waals surface area contributed by atoms with Crippen LogP contribution in [0.5, 0.6) is 11.5 Å². The van der Waals surface area contributed by atoms with E-state index in [0.717, 1.165) is 11.1 Å². The Hall–Kier alpha value is -4.66. The number of methoxy groups -OCH3 is 1. The number of H-pyrrole nitrogens is 1. The minimum atomic E-state index is -1.01. The summed E-state index contributed by atoms with van der Waals surface area (Å²) in [5.41, 5.74) is 1.55. The Morgan fingerprint density at radius 2 is 1.79 bits per heavy atom. The molecule has 9 heteroatoms. The van der Waals surface area contributed by atoms with E-state index in [9.17, 15) is 14.4 Å². The molecule has 1 aromatic heterocycles. The SMILES string of the molecule is COc1cccc(CNC(=O)c2nc3cccc(OCc4ccc(C(=O)O)cc4)c3c(=O)[nH]2)c1. The van der Waals surface area contributed by atoms with E-state index >= 15 is 0 Å². The molecule has 0 fully saturated rings. The highest BCUT2D eigenvalue weighted by molar-refractivity contribution is 5.93. The van der Waals surface area contributed by atoms with Crippen LogP contribution in [-0.2, 0) is 13.2 Å². The van der Waals surface area contributed by atoms with Crippen LogP contribution in [0, 0.1) is 0 Å². The van der Waals surface area contributed by atoms with Gasteiger partial charge in [0.25, 0.3) is 11.5 Å². The Morgan fingerprint density at radius 3 is 2.53 bits per heavy atom. The monoisotopic (exact) mass is 459 g/mol. The van der Waals surface area contributed by atoms with Crippen molar-refractivity contribution < 1.29 is 24.2 Å². The van der Waals surface area contributed by atoms with E-state index in [2.05, 4.69) is 15.3 Å². The normalized spacial score (nSPS) is 10.6. The van der Waals surface area contributed by atoms with Gasteiger partial charge in [-0.2, -0.15) is 0 Å². The van der Waals surface area contributed by atoms with Gasteiger partial charge in [-0.25, -0.2) is 9.78 Å². The van der Waals surface area contributed by atoms with Gasteiger partial charge < -0.3 is 24.9 Å². The summed E-state index contributed by atoms with van der Waals surface area (Å²) in [7, 11) is 1.56. The molecule has 0 radical (unpaired) electrons. The molecule has 4 aromatic rings. The minimum absolute atomic E-state index is 0.109. The minimum Gasteiger partial charge on any atom is -0.497 e. The van der Waals surface area contributed by atoms with E-state index in [4.69, 9.17) is 14.6 Å². The fourth-order valence-corrected chi connectivity index (χ4v) is 3.34. The van der Waals surface area contributed by atoms with Gasteiger partial charge in [-0.3, -0.25) is 9.59 Å². The molecule has 0 atom stereocenters. The molecule has 0 spiro atoms. The van der Waals surface area contributed by atoms with Gasteiger partial charge >= 0.3 is 5.97 Å². The number of carboxylic acid groups (broad SMARTS) is 1. The predicted octanol–water partition coefficient (Wildman–Crippen LogP) is 3.14. The molecule has 0 aliphatic rings. The van der Waals surface area contributed by atoms with Gasteiger partial charge in [-0.15, -0.1) is 0 Å². The summed E-state index contributed by atoms with van der Waals surface area (Å²) in [6, 6.07) is 18.4. The van der Waals surface area contributed by atoms with Crippen LogP contribution < -0.4 is 20.3 Å². The molecule has 3 N–H and O–H groups in total. The molecule has 0 aliphatic heterocycles. The third-order valence-electron chi connectivity index (χ3n) is 5.09. The van der Waals surface area contributed by atoms with Crippen molar-refractivity contribution in [2.24, 2.45) is 0 Å². The number of aromatic carboxylic acids is 1. The van der Waals surface area contributed by atoms with Crippen LogP contribution in [0.4, 0.5) is 0 Å². The highest BCUT2D eigenvalue weighted by atomic mass is 16.5. The maximum atomic E-state index is 12.8. The molecular formula is C25H21N3O6.